The number of hydrogen-bond donors (Lipinski definition) is 1. The van der Waals surface area contributed by atoms with Gasteiger partial charge in [0.2, 0.25) is 0 Å². The molecule has 1 nitrogen and oxygen atoms in total. The van der Waals surface area contributed by atoms with E-state index in [9.17, 15) is 0 Å². The van der Waals surface area contributed by atoms with E-state index in [1.165, 1.54) is 16.8 Å². The number of anilines is 1. The van der Waals surface area contributed by atoms with Gasteiger partial charge < -0.3 is 5.32 Å². The number of fused-ring (bicyclic) bond motifs is 1. The van der Waals surface area contributed by atoms with Crippen molar-refractivity contribution in [3.63, 3.8) is 0 Å². The second-order valence-electron chi connectivity index (χ2n) is 4.22. The zero-order valence-corrected chi connectivity index (χ0v) is 11.4. The molecule has 1 aliphatic rings. The van der Waals surface area contributed by atoms with Crippen molar-refractivity contribution < 1.29 is 0 Å². The number of nitrogens with one attached hydrogen (secondary N) is 1. The average Bonchev–Trinajstić information content (AvgIpc) is 2.72. The van der Waals surface area contributed by atoms with E-state index in [1.807, 2.05) is 18.2 Å². The molecule has 0 spiro atoms. The fourth-order valence-corrected chi connectivity index (χ4v) is 2.95. The summed E-state index contributed by atoms with van der Waals surface area (Å²) in [6.07, 6.45) is 0.985. The van der Waals surface area contributed by atoms with Gasteiger partial charge >= 0.3 is 0 Å². The minimum absolute atomic E-state index is 0.285. The van der Waals surface area contributed by atoms with Crippen LogP contribution in [0.2, 0.25) is 5.02 Å². The van der Waals surface area contributed by atoms with Crippen molar-refractivity contribution in [2.75, 3.05) is 5.32 Å². The summed E-state index contributed by atoms with van der Waals surface area (Å²) in [4.78, 5) is 0. The summed E-state index contributed by atoms with van der Waals surface area (Å²) in [5.74, 6) is 0. The van der Waals surface area contributed by atoms with Gasteiger partial charge in [0, 0.05) is 15.2 Å². The maximum Gasteiger partial charge on any atom is 0.0569 e. The topological polar surface area (TPSA) is 12.0 Å². The van der Waals surface area contributed by atoms with Gasteiger partial charge in [0.15, 0.2) is 0 Å². The van der Waals surface area contributed by atoms with Crippen molar-refractivity contribution in [1.82, 2.24) is 0 Å². The fraction of sp³-hybridized carbons (Fsp3) is 0.143. The van der Waals surface area contributed by atoms with Crippen LogP contribution < -0.4 is 5.32 Å². The van der Waals surface area contributed by atoms with Gasteiger partial charge in [-0.3, -0.25) is 0 Å². The maximum absolute atomic E-state index is 6.23. The molecule has 0 amide bonds. The lowest BCUT2D eigenvalue weighted by Gasteiger charge is -2.13. The Hall–Kier alpha value is -0.990. The first-order valence-corrected chi connectivity index (χ1v) is 6.70. The Bertz CT molecular complexity index is 568. The molecule has 0 fully saturated rings. The molecule has 1 unspecified atom stereocenters. The molecule has 1 atom stereocenters. The van der Waals surface area contributed by atoms with Crippen LogP contribution in [0.25, 0.3) is 0 Å². The first kappa shape index (κ1) is 11.1. The summed E-state index contributed by atoms with van der Waals surface area (Å²) >= 11 is 9.73. The minimum atomic E-state index is 0.285. The van der Waals surface area contributed by atoms with Crippen molar-refractivity contribution in [2.45, 2.75) is 12.5 Å². The third-order valence-electron chi connectivity index (χ3n) is 3.10. The van der Waals surface area contributed by atoms with E-state index in [4.69, 9.17) is 11.6 Å². The standard InChI is InChI=1S/C14H11BrClN/c15-10-5-6-13-9(7-10)8-14(17-13)11-3-1-2-4-12(11)16/h1-7,14,17H,8H2. The van der Waals surface area contributed by atoms with Gasteiger partial charge in [0.1, 0.15) is 0 Å². The molecule has 86 valence electrons. The number of benzene rings is 2. The highest BCUT2D eigenvalue weighted by Crippen LogP contribution is 2.37. The number of rotatable bonds is 1. The predicted molar refractivity (Wildman–Crippen MR) is 75.7 cm³/mol. The minimum Gasteiger partial charge on any atom is -0.378 e. The third kappa shape index (κ3) is 2.07. The van der Waals surface area contributed by atoms with E-state index in [0.29, 0.717) is 0 Å². The van der Waals surface area contributed by atoms with Crippen LogP contribution in [0.15, 0.2) is 46.9 Å². The van der Waals surface area contributed by atoms with Gasteiger partial charge in [-0.15, -0.1) is 0 Å². The van der Waals surface area contributed by atoms with Gasteiger partial charge in [0.05, 0.1) is 6.04 Å². The Labute approximate surface area is 114 Å². The molecule has 0 aromatic heterocycles. The lowest BCUT2D eigenvalue weighted by atomic mass is 10.0. The van der Waals surface area contributed by atoms with Gasteiger partial charge in [-0.1, -0.05) is 45.7 Å². The second kappa shape index (κ2) is 4.35. The van der Waals surface area contributed by atoms with Crippen LogP contribution in [-0.2, 0) is 6.42 Å². The van der Waals surface area contributed by atoms with Crippen LogP contribution in [0.1, 0.15) is 17.2 Å². The van der Waals surface area contributed by atoms with E-state index in [-0.39, 0.29) is 6.04 Å². The quantitative estimate of drug-likeness (QED) is 0.797. The number of hydrogen-bond acceptors (Lipinski definition) is 1. The van der Waals surface area contributed by atoms with E-state index in [0.717, 1.165) is 15.9 Å². The summed E-state index contributed by atoms with van der Waals surface area (Å²) in [6.45, 7) is 0. The van der Waals surface area contributed by atoms with E-state index in [2.05, 4.69) is 45.5 Å². The Kier molecular flexibility index (Phi) is 2.85. The highest BCUT2D eigenvalue weighted by molar-refractivity contribution is 9.10. The van der Waals surface area contributed by atoms with Crippen molar-refractivity contribution in [2.24, 2.45) is 0 Å². The lowest BCUT2D eigenvalue weighted by molar-refractivity contribution is 0.824. The maximum atomic E-state index is 6.23. The summed E-state index contributed by atoms with van der Waals surface area (Å²) in [5.41, 5.74) is 3.71. The third-order valence-corrected chi connectivity index (χ3v) is 3.94. The molecule has 3 rings (SSSR count). The van der Waals surface area contributed by atoms with Crippen LogP contribution in [0.5, 0.6) is 0 Å². The molecule has 1 N–H and O–H groups in total. The van der Waals surface area contributed by atoms with Gasteiger partial charge in [0.25, 0.3) is 0 Å². The first-order chi connectivity index (χ1) is 8.24. The molecule has 0 aliphatic carbocycles. The molecular formula is C14H11BrClN. The smallest absolute Gasteiger partial charge is 0.0569 e. The Morgan fingerprint density at radius 3 is 2.82 bits per heavy atom. The monoisotopic (exact) mass is 307 g/mol. The van der Waals surface area contributed by atoms with Gasteiger partial charge in [-0.05, 0) is 41.8 Å². The molecule has 2 aromatic carbocycles. The van der Waals surface area contributed by atoms with Crippen molar-refractivity contribution >= 4 is 33.2 Å². The molecular weight excluding hydrogens is 298 g/mol. The molecule has 0 saturated carbocycles. The van der Waals surface area contributed by atoms with Crippen LogP contribution in [-0.4, -0.2) is 0 Å². The van der Waals surface area contributed by atoms with Crippen molar-refractivity contribution in [3.8, 4) is 0 Å². The second-order valence-corrected chi connectivity index (χ2v) is 5.55. The van der Waals surface area contributed by atoms with Crippen LogP contribution >= 0.6 is 27.5 Å². The Balaban J connectivity index is 1.94. The lowest BCUT2D eigenvalue weighted by Crippen LogP contribution is -2.05. The van der Waals surface area contributed by atoms with Gasteiger partial charge in [-0.2, -0.15) is 0 Å². The van der Waals surface area contributed by atoms with E-state index < -0.39 is 0 Å². The first-order valence-electron chi connectivity index (χ1n) is 5.53. The van der Waals surface area contributed by atoms with Crippen molar-refractivity contribution in [3.05, 3.63) is 63.1 Å². The molecule has 0 saturated heterocycles. The molecule has 0 radical (unpaired) electrons. The van der Waals surface area contributed by atoms with E-state index >= 15 is 0 Å². The summed E-state index contributed by atoms with van der Waals surface area (Å²) in [5, 5.41) is 4.34. The Morgan fingerprint density at radius 2 is 2.00 bits per heavy atom. The SMILES string of the molecule is Clc1ccccc1C1Cc2cc(Br)ccc2N1. The molecule has 17 heavy (non-hydrogen) atoms. The molecule has 3 heteroatoms. The zero-order valence-electron chi connectivity index (χ0n) is 9.08. The van der Waals surface area contributed by atoms with Crippen LogP contribution in [0, 0.1) is 0 Å². The molecule has 1 aliphatic heterocycles. The summed E-state index contributed by atoms with van der Waals surface area (Å²) < 4.78 is 1.12. The molecule has 0 bridgehead atoms. The van der Waals surface area contributed by atoms with Gasteiger partial charge in [-0.25, -0.2) is 0 Å². The summed E-state index contributed by atoms with van der Waals surface area (Å²) in [7, 11) is 0. The van der Waals surface area contributed by atoms with Crippen LogP contribution in [0.3, 0.4) is 0 Å². The summed E-state index contributed by atoms with van der Waals surface area (Å²) in [6, 6.07) is 14.6. The fourth-order valence-electron chi connectivity index (χ4n) is 2.28. The zero-order chi connectivity index (χ0) is 11.8. The van der Waals surface area contributed by atoms with Crippen LogP contribution in [0.4, 0.5) is 5.69 Å². The predicted octanol–water partition coefficient (Wildman–Crippen LogP) is 4.81. The molecule has 1 heterocycles. The number of halogens is 2. The average molecular weight is 309 g/mol. The normalized spacial score (nSPS) is 17.6. The highest BCUT2D eigenvalue weighted by Gasteiger charge is 2.23. The highest BCUT2D eigenvalue weighted by atomic mass is 79.9. The Morgan fingerprint density at radius 1 is 1.18 bits per heavy atom. The largest absolute Gasteiger partial charge is 0.378 e. The molecule has 2 aromatic rings. The van der Waals surface area contributed by atoms with E-state index in [1.54, 1.807) is 0 Å². The van der Waals surface area contributed by atoms with Crippen molar-refractivity contribution in [1.29, 1.82) is 0 Å².